The summed E-state index contributed by atoms with van der Waals surface area (Å²) >= 11 is 5.95. The van der Waals surface area contributed by atoms with Crippen molar-refractivity contribution in [2.24, 2.45) is 0 Å². The highest BCUT2D eigenvalue weighted by molar-refractivity contribution is 6.30. The van der Waals surface area contributed by atoms with Gasteiger partial charge in [-0.3, -0.25) is 9.89 Å². The van der Waals surface area contributed by atoms with Crippen LogP contribution in [-0.2, 0) is 11.8 Å². The van der Waals surface area contributed by atoms with Gasteiger partial charge in [0.05, 0.1) is 12.1 Å². The lowest BCUT2D eigenvalue weighted by Crippen LogP contribution is -2.39. The molecule has 0 saturated carbocycles. The van der Waals surface area contributed by atoms with Gasteiger partial charge in [0, 0.05) is 35.6 Å². The normalized spacial score (nSPS) is 17.3. The highest BCUT2D eigenvalue weighted by Gasteiger charge is 2.30. The fourth-order valence-electron chi connectivity index (χ4n) is 3.74. The number of hydrogen-bond acceptors (Lipinski definition) is 4. The SMILES string of the molecule is CC(C)(C)c1cc(C(=O)N2CCC[C@H](c3ncc(Cc4ccc(Cl)cc4)o3)C2)n[nH]1. The molecule has 0 aliphatic carbocycles. The number of carbonyl (C=O) groups is 1. The zero-order chi connectivity index (χ0) is 21.3. The molecule has 1 aliphatic rings. The second kappa shape index (κ2) is 8.26. The fraction of sp³-hybridized carbons (Fsp3) is 0.435. The maximum Gasteiger partial charge on any atom is 0.274 e. The topological polar surface area (TPSA) is 75.0 Å². The molecule has 1 aliphatic heterocycles. The van der Waals surface area contributed by atoms with Crippen molar-refractivity contribution in [2.45, 2.75) is 51.4 Å². The molecule has 1 atom stereocenters. The molecule has 158 valence electrons. The average molecular weight is 427 g/mol. The highest BCUT2D eigenvalue weighted by Crippen LogP contribution is 2.28. The molecular formula is C23H27ClN4O2. The second-order valence-electron chi connectivity index (χ2n) is 8.98. The number of benzene rings is 1. The Morgan fingerprint density at radius 1 is 1.30 bits per heavy atom. The van der Waals surface area contributed by atoms with Crippen LogP contribution in [0.15, 0.2) is 40.9 Å². The van der Waals surface area contributed by atoms with Crippen LogP contribution in [0, 0.1) is 0 Å². The van der Waals surface area contributed by atoms with Crippen LogP contribution >= 0.6 is 11.6 Å². The lowest BCUT2D eigenvalue weighted by Gasteiger charge is -2.30. The number of halogens is 1. The predicted octanol–water partition coefficient (Wildman–Crippen LogP) is 4.96. The zero-order valence-corrected chi connectivity index (χ0v) is 18.4. The van der Waals surface area contributed by atoms with Crippen LogP contribution in [-0.4, -0.2) is 39.1 Å². The molecule has 4 rings (SSSR count). The number of nitrogens with zero attached hydrogens (tertiary/aromatic N) is 3. The summed E-state index contributed by atoms with van der Waals surface area (Å²) in [4.78, 5) is 19.3. The summed E-state index contributed by atoms with van der Waals surface area (Å²) in [6.07, 6.45) is 4.33. The number of hydrogen-bond donors (Lipinski definition) is 1. The second-order valence-corrected chi connectivity index (χ2v) is 9.41. The first-order chi connectivity index (χ1) is 14.3. The van der Waals surface area contributed by atoms with Gasteiger partial charge in [0.15, 0.2) is 5.89 Å². The first-order valence-electron chi connectivity index (χ1n) is 10.3. The van der Waals surface area contributed by atoms with Crippen molar-refractivity contribution in [2.75, 3.05) is 13.1 Å². The Balaban J connectivity index is 1.42. The molecule has 30 heavy (non-hydrogen) atoms. The van der Waals surface area contributed by atoms with Crippen molar-refractivity contribution in [3.63, 3.8) is 0 Å². The lowest BCUT2D eigenvalue weighted by atomic mass is 9.92. The molecule has 1 saturated heterocycles. The van der Waals surface area contributed by atoms with Crippen LogP contribution in [0.4, 0.5) is 0 Å². The van der Waals surface area contributed by atoms with E-state index in [9.17, 15) is 4.79 Å². The molecule has 0 spiro atoms. The monoisotopic (exact) mass is 426 g/mol. The predicted molar refractivity (Wildman–Crippen MR) is 116 cm³/mol. The number of amides is 1. The van der Waals surface area contributed by atoms with E-state index in [1.807, 2.05) is 35.2 Å². The van der Waals surface area contributed by atoms with Crippen LogP contribution in [0.5, 0.6) is 0 Å². The Kier molecular flexibility index (Phi) is 5.69. The number of H-pyrrole nitrogens is 1. The van der Waals surface area contributed by atoms with Gasteiger partial charge in [-0.05, 0) is 36.6 Å². The van der Waals surface area contributed by atoms with Crippen molar-refractivity contribution in [1.82, 2.24) is 20.1 Å². The van der Waals surface area contributed by atoms with E-state index in [1.54, 1.807) is 6.20 Å². The summed E-state index contributed by atoms with van der Waals surface area (Å²) in [6, 6.07) is 9.58. The summed E-state index contributed by atoms with van der Waals surface area (Å²) < 4.78 is 6.04. The Hall–Kier alpha value is -2.60. The van der Waals surface area contributed by atoms with Gasteiger partial charge in [-0.25, -0.2) is 4.98 Å². The average Bonchev–Trinajstić information content (AvgIpc) is 3.39. The Labute approximate surface area is 181 Å². The molecule has 1 fully saturated rings. The number of carbonyl (C=O) groups excluding carboxylic acids is 1. The standard InChI is InChI=1S/C23H27ClN4O2/c1-23(2,3)20-12-19(26-27-20)22(29)28-10-4-5-16(14-28)21-25-13-18(30-21)11-15-6-8-17(24)9-7-15/h6-9,12-13,16H,4-5,10-11,14H2,1-3H3,(H,26,27)/t16-/m0/s1. The van der Waals surface area contributed by atoms with E-state index in [2.05, 4.69) is 36.0 Å². The van der Waals surface area contributed by atoms with Crippen molar-refractivity contribution >= 4 is 17.5 Å². The summed E-state index contributed by atoms with van der Waals surface area (Å²) in [5.41, 5.74) is 2.47. The highest BCUT2D eigenvalue weighted by atomic mass is 35.5. The fourth-order valence-corrected chi connectivity index (χ4v) is 3.86. The summed E-state index contributed by atoms with van der Waals surface area (Å²) in [7, 11) is 0. The molecule has 6 nitrogen and oxygen atoms in total. The van der Waals surface area contributed by atoms with Gasteiger partial charge < -0.3 is 9.32 Å². The van der Waals surface area contributed by atoms with Gasteiger partial charge in [-0.15, -0.1) is 0 Å². The van der Waals surface area contributed by atoms with Gasteiger partial charge >= 0.3 is 0 Å². The molecule has 3 heterocycles. The number of aromatic nitrogens is 3. The van der Waals surface area contributed by atoms with Crippen molar-refractivity contribution in [1.29, 1.82) is 0 Å². The Morgan fingerprint density at radius 3 is 2.77 bits per heavy atom. The lowest BCUT2D eigenvalue weighted by molar-refractivity contribution is 0.0692. The van der Waals surface area contributed by atoms with E-state index >= 15 is 0 Å². The van der Waals surface area contributed by atoms with E-state index in [0.29, 0.717) is 24.6 Å². The molecule has 1 amide bonds. The first-order valence-corrected chi connectivity index (χ1v) is 10.7. The first kappa shape index (κ1) is 20.7. The van der Waals surface area contributed by atoms with E-state index in [1.165, 1.54) is 0 Å². The van der Waals surface area contributed by atoms with Gasteiger partial charge in [0.2, 0.25) is 0 Å². The number of likely N-dealkylation sites (tertiary alicyclic amines) is 1. The van der Waals surface area contributed by atoms with Crippen LogP contribution in [0.2, 0.25) is 5.02 Å². The number of aromatic amines is 1. The van der Waals surface area contributed by atoms with Crippen molar-refractivity contribution in [3.8, 4) is 0 Å². The van der Waals surface area contributed by atoms with Crippen LogP contribution < -0.4 is 0 Å². The summed E-state index contributed by atoms with van der Waals surface area (Å²) in [6.45, 7) is 7.60. The summed E-state index contributed by atoms with van der Waals surface area (Å²) in [5.74, 6) is 1.58. The minimum absolute atomic E-state index is 0.0422. The van der Waals surface area contributed by atoms with Gasteiger partial charge in [0.1, 0.15) is 11.5 Å². The summed E-state index contributed by atoms with van der Waals surface area (Å²) in [5, 5.41) is 7.97. The van der Waals surface area contributed by atoms with Crippen molar-refractivity contribution < 1.29 is 9.21 Å². The number of piperidine rings is 1. The van der Waals surface area contributed by atoms with Gasteiger partial charge in [-0.2, -0.15) is 5.10 Å². The van der Waals surface area contributed by atoms with Crippen LogP contribution in [0.1, 0.15) is 72.9 Å². The largest absolute Gasteiger partial charge is 0.445 e. The number of nitrogens with one attached hydrogen (secondary N) is 1. The van der Waals surface area contributed by atoms with Gasteiger partial charge in [0.25, 0.3) is 5.91 Å². The van der Waals surface area contributed by atoms with Crippen LogP contribution in [0.25, 0.3) is 0 Å². The minimum Gasteiger partial charge on any atom is -0.445 e. The third-order valence-corrected chi connectivity index (χ3v) is 5.78. The zero-order valence-electron chi connectivity index (χ0n) is 17.6. The number of rotatable bonds is 4. The smallest absolute Gasteiger partial charge is 0.274 e. The van der Waals surface area contributed by atoms with E-state index in [0.717, 1.165) is 41.4 Å². The van der Waals surface area contributed by atoms with Gasteiger partial charge in [-0.1, -0.05) is 44.5 Å². The molecule has 1 aromatic carbocycles. The number of oxazole rings is 1. The molecule has 0 radical (unpaired) electrons. The molecule has 0 unspecified atom stereocenters. The molecule has 7 heteroatoms. The third-order valence-electron chi connectivity index (χ3n) is 5.53. The van der Waals surface area contributed by atoms with E-state index in [4.69, 9.17) is 16.0 Å². The van der Waals surface area contributed by atoms with Crippen molar-refractivity contribution in [3.05, 3.63) is 70.2 Å². The molecule has 0 bridgehead atoms. The van der Waals surface area contributed by atoms with E-state index in [-0.39, 0.29) is 17.2 Å². The third kappa shape index (κ3) is 4.59. The molecule has 1 N–H and O–H groups in total. The van der Waals surface area contributed by atoms with Crippen LogP contribution in [0.3, 0.4) is 0 Å². The Morgan fingerprint density at radius 2 is 2.07 bits per heavy atom. The molecule has 2 aromatic heterocycles. The molecular weight excluding hydrogens is 400 g/mol. The maximum atomic E-state index is 13.0. The quantitative estimate of drug-likeness (QED) is 0.639. The maximum absolute atomic E-state index is 13.0. The van der Waals surface area contributed by atoms with E-state index < -0.39 is 0 Å². The molecule has 3 aromatic rings. The Bertz CT molecular complexity index is 1020. The minimum atomic E-state index is -0.0749.